The smallest absolute Gasteiger partial charge is 0.272 e. The maximum absolute atomic E-state index is 12.3. The van der Waals surface area contributed by atoms with E-state index in [-0.39, 0.29) is 15.4 Å². The first-order valence-corrected chi connectivity index (χ1v) is 9.13. The monoisotopic (exact) mass is 346 g/mol. The predicted octanol–water partition coefficient (Wildman–Crippen LogP) is 1.42. The van der Waals surface area contributed by atoms with Gasteiger partial charge in [0.05, 0.1) is 0 Å². The number of anilines is 1. The molecule has 21 heavy (non-hydrogen) atoms. The van der Waals surface area contributed by atoms with Gasteiger partial charge in [-0.05, 0) is 17.9 Å². The van der Waals surface area contributed by atoms with Crippen LogP contribution in [0.25, 0.3) is 0 Å². The summed E-state index contributed by atoms with van der Waals surface area (Å²) in [5.41, 5.74) is 0. The van der Waals surface area contributed by atoms with Gasteiger partial charge in [-0.2, -0.15) is 4.31 Å². The Hall–Kier alpha value is -1.36. The molecule has 0 unspecified atom stereocenters. The Morgan fingerprint density at radius 3 is 2.81 bits per heavy atom. The van der Waals surface area contributed by atoms with Crippen LogP contribution in [0.1, 0.15) is 11.8 Å². The van der Waals surface area contributed by atoms with Crippen LogP contribution in [0.15, 0.2) is 21.9 Å². The van der Waals surface area contributed by atoms with E-state index in [1.165, 1.54) is 18.3 Å². The van der Waals surface area contributed by atoms with Gasteiger partial charge in [0.15, 0.2) is 0 Å². The van der Waals surface area contributed by atoms with Crippen molar-refractivity contribution in [2.75, 3.05) is 18.9 Å². The van der Waals surface area contributed by atoms with E-state index in [0.717, 1.165) is 16.2 Å². The molecule has 0 saturated carbocycles. The normalized spacial score (nSPS) is 11.8. The number of nitrogens with zero attached hydrogens (tertiary/aromatic N) is 3. The van der Waals surface area contributed by atoms with E-state index >= 15 is 0 Å². The van der Waals surface area contributed by atoms with E-state index in [4.69, 9.17) is 0 Å². The molecular formula is C11H14N4O3S3. The minimum absolute atomic E-state index is 0.125. The molecule has 0 aliphatic heterocycles. The topological polar surface area (TPSA) is 92.3 Å². The summed E-state index contributed by atoms with van der Waals surface area (Å²) in [6.07, 6.45) is 0.644. The molecule has 2 aromatic rings. The Morgan fingerprint density at radius 2 is 2.19 bits per heavy atom. The third kappa shape index (κ3) is 4.06. The van der Waals surface area contributed by atoms with Crippen LogP contribution in [-0.2, 0) is 21.2 Å². The van der Waals surface area contributed by atoms with Crippen LogP contribution in [0, 0.1) is 0 Å². The highest BCUT2D eigenvalue weighted by atomic mass is 32.2. The van der Waals surface area contributed by atoms with Gasteiger partial charge in [0.2, 0.25) is 15.4 Å². The van der Waals surface area contributed by atoms with Gasteiger partial charge >= 0.3 is 0 Å². The zero-order valence-electron chi connectivity index (χ0n) is 11.4. The summed E-state index contributed by atoms with van der Waals surface area (Å²) in [6, 6.07) is 3.89. The standard InChI is InChI=1S/C11H14N4O3S3/c1-8(16)12-10-13-14-11(20-10)21(17,18)15(2)6-5-9-4-3-7-19-9/h3-4,7H,5-6H2,1-2H3,(H,12,13,16). The summed E-state index contributed by atoms with van der Waals surface area (Å²) >= 11 is 2.43. The summed E-state index contributed by atoms with van der Waals surface area (Å²) in [4.78, 5) is 12.0. The molecule has 0 spiro atoms. The van der Waals surface area contributed by atoms with Gasteiger partial charge in [-0.3, -0.25) is 4.79 Å². The second-order valence-corrected chi connectivity index (χ2v) is 8.44. The maximum atomic E-state index is 12.3. The molecule has 0 atom stereocenters. The lowest BCUT2D eigenvalue weighted by Gasteiger charge is -2.14. The van der Waals surface area contributed by atoms with Crippen molar-refractivity contribution in [3.05, 3.63) is 22.4 Å². The SMILES string of the molecule is CC(=O)Nc1nnc(S(=O)(=O)N(C)CCc2cccs2)s1. The van der Waals surface area contributed by atoms with Crippen LogP contribution < -0.4 is 5.32 Å². The van der Waals surface area contributed by atoms with Crippen molar-refractivity contribution in [2.24, 2.45) is 0 Å². The molecule has 0 bridgehead atoms. The van der Waals surface area contributed by atoms with Crippen LogP contribution in [0.5, 0.6) is 0 Å². The number of rotatable bonds is 6. The Labute approximate surface area is 130 Å². The molecule has 0 fully saturated rings. The van der Waals surface area contributed by atoms with Gasteiger partial charge in [0, 0.05) is 25.4 Å². The highest BCUT2D eigenvalue weighted by molar-refractivity contribution is 7.91. The van der Waals surface area contributed by atoms with E-state index in [2.05, 4.69) is 15.5 Å². The number of likely N-dealkylation sites (N-methyl/N-ethyl adjacent to an activating group) is 1. The molecule has 0 aromatic carbocycles. The Balaban J connectivity index is 2.05. The number of amides is 1. The minimum atomic E-state index is -3.68. The molecular weight excluding hydrogens is 332 g/mol. The van der Waals surface area contributed by atoms with Gasteiger partial charge in [-0.25, -0.2) is 8.42 Å². The van der Waals surface area contributed by atoms with Crippen molar-refractivity contribution in [1.82, 2.24) is 14.5 Å². The molecule has 114 valence electrons. The van der Waals surface area contributed by atoms with Crippen molar-refractivity contribution in [3.63, 3.8) is 0 Å². The molecule has 2 rings (SSSR count). The second-order valence-electron chi connectivity index (χ2n) is 4.21. The highest BCUT2D eigenvalue weighted by Crippen LogP contribution is 2.23. The molecule has 0 aliphatic rings. The Kier molecular flexibility index (Phi) is 5.04. The number of carbonyl (C=O) groups excluding carboxylic acids is 1. The predicted molar refractivity (Wildman–Crippen MR) is 82.1 cm³/mol. The summed E-state index contributed by atoms with van der Waals surface area (Å²) < 4.78 is 25.7. The zero-order chi connectivity index (χ0) is 15.5. The van der Waals surface area contributed by atoms with Crippen LogP contribution in [-0.4, -0.2) is 42.4 Å². The first-order chi connectivity index (χ1) is 9.89. The number of nitrogens with one attached hydrogen (secondary N) is 1. The fraction of sp³-hybridized carbons (Fsp3) is 0.364. The van der Waals surface area contributed by atoms with Crippen molar-refractivity contribution in [3.8, 4) is 0 Å². The molecule has 0 radical (unpaired) electrons. The fourth-order valence-corrected chi connectivity index (χ4v) is 4.49. The molecule has 0 saturated heterocycles. The van der Waals surface area contributed by atoms with Gasteiger partial charge in [-0.1, -0.05) is 17.4 Å². The average Bonchev–Trinajstić information content (AvgIpc) is 3.06. The molecule has 1 N–H and O–H groups in total. The fourth-order valence-electron chi connectivity index (χ4n) is 1.49. The maximum Gasteiger partial charge on any atom is 0.272 e. The van der Waals surface area contributed by atoms with Crippen LogP contribution in [0.2, 0.25) is 0 Å². The molecule has 1 amide bonds. The number of sulfonamides is 1. The third-order valence-electron chi connectivity index (χ3n) is 2.57. The van der Waals surface area contributed by atoms with Crippen LogP contribution in [0.4, 0.5) is 5.13 Å². The van der Waals surface area contributed by atoms with E-state index in [1.54, 1.807) is 11.3 Å². The van der Waals surface area contributed by atoms with E-state index in [9.17, 15) is 13.2 Å². The third-order valence-corrected chi connectivity index (χ3v) is 6.55. The largest absolute Gasteiger partial charge is 0.301 e. The van der Waals surface area contributed by atoms with Crippen molar-refractivity contribution in [1.29, 1.82) is 0 Å². The summed E-state index contributed by atoms with van der Waals surface area (Å²) in [5, 5.41) is 11.8. The summed E-state index contributed by atoms with van der Waals surface area (Å²) in [5.74, 6) is -0.318. The van der Waals surface area contributed by atoms with Gasteiger partial charge < -0.3 is 5.32 Å². The van der Waals surface area contributed by atoms with Gasteiger partial charge in [-0.15, -0.1) is 21.5 Å². The quantitative estimate of drug-likeness (QED) is 0.799. The highest BCUT2D eigenvalue weighted by Gasteiger charge is 2.25. The van der Waals surface area contributed by atoms with Crippen molar-refractivity contribution < 1.29 is 13.2 Å². The first kappa shape index (κ1) is 16.0. The van der Waals surface area contributed by atoms with E-state index in [1.807, 2.05) is 17.5 Å². The number of hydrogen-bond donors (Lipinski definition) is 1. The van der Waals surface area contributed by atoms with Crippen LogP contribution in [0.3, 0.4) is 0 Å². The number of carbonyl (C=O) groups is 1. The first-order valence-electron chi connectivity index (χ1n) is 5.99. The molecule has 0 aliphatic carbocycles. The molecule has 2 heterocycles. The van der Waals surface area contributed by atoms with E-state index in [0.29, 0.717) is 13.0 Å². The number of hydrogen-bond acceptors (Lipinski definition) is 7. The average molecular weight is 346 g/mol. The number of thiophene rings is 1. The zero-order valence-corrected chi connectivity index (χ0v) is 13.9. The second kappa shape index (κ2) is 6.60. The lowest BCUT2D eigenvalue weighted by Crippen LogP contribution is -2.28. The van der Waals surface area contributed by atoms with Crippen molar-refractivity contribution in [2.45, 2.75) is 17.7 Å². The van der Waals surface area contributed by atoms with Gasteiger partial charge in [0.1, 0.15) is 0 Å². The molecule has 2 aromatic heterocycles. The summed E-state index contributed by atoms with van der Waals surface area (Å²) in [6.45, 7) is 1.68. The molecule has 10 heteroatoms. The van der Waals surface area contributed by atoms with Crippen LogP contribution >= 0.6 is 22.7 Å². The van der Waals surface area contributed by atoms with Crippen molar-refractivity contribution >= 4 is 43.7 Å². The van der Waals surface area contributed by atoms with Gasteiger partial charge in [0.25, 0.3) is 10.0 Å². The minimum Gasteiger partial charge on any atom is -0.301 e. The Morgan fingerprint density at radius 1 is 1.43 bits per heavy atom. The number of aromatic nitrogens is 2. The lowest BCUT2D eigenvalue weighted by atomic mass is 10.3. The van der Waals surface area contributed by atoms with E-state index < -0.39 is 10.0 Å². The molecule has 7 nitrogen and oxygen atoms in total. The lowest BCUT2D eigenvalue weighted by molar-refractivity contribution is -0.114. The Bertz CT molecular complexity index is 709. The summed E-state index contributed by atoms with van der Waals surface area (Å²) in [7, 11) is -2.17.